The first-order valence-electron chi connectivity index (χ1n) is 9.32. The molecule has 3 rings (SSSR count). The summed E-state index contributed by atoms with van der Waals surface area (Å²) >= 11 is 0. The summed E-state index contributed by atoms with van der Waals surface area (Å²) in [5.41, 5.74) is -2.82. The highest BCUT2D eigenvalue weighted by Crippen LogP contribution is 2.46. The van der Waals surface area contributed by atoms with Crippen molar-refractivity contribution < 1.29 is 26.7 Å². The van der Waals surface area contributed by atoms with Crippen molar-refractivity contribution in [2.75, 3.05) is 13.1 Å². The van der Waals surface area contributed by atoms with Crippen LogP contribution in [0.2, 0.25) is 0 Å². The first-order valence-corrected chi connectivity index (χ1v) is 9.32. The Kier molecular flexibility index (Phi) is 5.44. The number of pyridine rings is 1. The van der Waals surface area contributed by atoms with Crippen LogP contribution in [-0.4, -0.2) is 44.4 Å². The molecule has 2 aromatic heterocycles. The second kappa shape index (κ2) is 7.42. The number of fused-ring (bicyclic) bond motifs is 1. The van der Waals surface area contributed by atoms with Crippen molar-refractivity contribution in [1.29, 1.82) is 0 Å². The Morgan fingerprint density at radius 3 is 2.31 bits per heavy atom. The summed E-state index contributed by atoms with van der Waals surface area (Å²) in [5.74, 6) is -5.61. The summed E-state index contributed by atoms with van der Waals surface area (Å²) in [4.78, 5) is 26.8. The minimum atomic E-state index is -5.87. The zero-order valence-corrected chi connectivity index (χ0v) is 16.0. The molecule has 0 aromatic carbocycles. The lowest BCUT2D eigenvalue weighted by Crippen LogP contribution is -2.40. The maximum atomic E-state index is 14.2. The minimum absolute atomic E-state index is 0.0695. The molecule has 0 spiro atoms. The number of hydrogen-bond acceptors (Lipinski definition) is 3. The lowest BCUT2D eigenvalue weighted by Gasteiger charge is -2.27. The van der Waals surface area contributed by atoms with Gasteiger partial charge in [-0.2, -0.15) is 27.1 Å². The Morgan fingerprint density at radius 2 is 1.76 bits per heavy atom. The van der Waals surface area contributed by atoms with Gasteiger partial charge >= 0.3 is 12.1 Å². The maximum absolute atomic E-state index is 14.2. The number of carbonyl (C=O) groups is 1. The number of carbonyl (C=O) groups excluding carboxylic acids is 1. The average Bonchev–Trinajstić information content (AvgIpc) is 2.99. The third-order valence-electron chi connectivity index (χ3n) is 5.16. The van der Waals surface area contributed by atoms with Crippen molar-refractivity contribution in [2.45, 2.75) is 58.3 Å². The molecular formula is C18H21F5N4O2. The number of nitrogens with zero attached hydrogens (tertiary/aromatic N) is 4. The van der Waals surface area contributed by atoms with Crippen LogP contribution >= 0.6 is 0 Å². The Hall–Kier alpha value is -2.46. The summed E-state index contributed by atoms with van der Waals surface area (Å²) < 4.78 is 69.5. The van der Waals surface area contributed by atoms with Gasteiger partial charge in [-0.05, 0) is 33.1 Å². The molecule has 1 aliphatic heterocycles. The molecule has 1 aliphatic rings. The van der Waals surface area contributed by atoms with Crippen LogP contribution in [0.25, 0.3) is 11.0 Å². The fraction of sp³-hybridized carbons (Fsp3) is 0.611. The van der Waals surface area contributed by atoms with E-state index in [1.54, 1.807) is 11.8 Å². The number of piperidine rings is 1. The van der Waals surface area contributed by atoms with E-state index < -0.39 is 35.2 Å². The number of aromatic nitrogens is 3. The molecule has 2 aromatic rings. The number of aryl methyl sites for hydroxylation is 2. The largest absolute Gasteiger partial charge is 0.458 e. The fourth-order valence-corrected chi connectivity index (χ4v) is 3.69. The van der Waals surface area contributed by atoms with Crippen LogP contribution in [0.5, 0.6) is 0 Å². The second-order valence-electron chi connectivity index (χ2n) is 7.10. The third kappa shape index (κ3) is 3.62. The second-order valence-corrected chi connectivity index (χ2v) is 7.10. The van der Waals surface area contributed by atoms with Gasteiger partial charge in [0, 0.05) is 36.7 Å². The van der Waals surface area contributed by atoms with E-state index >= 15 is 0 Å². The minimum Gasteiger partial charge on any atom is -0.341 e. The molecule has 1 fully saturated rings. The molecule has 1 amide bonds. The number of rotatable bonds is 4. The molecule has 0 saturated carbocycles. The van der Waals surface area contributed by atoms with Gasteiger partial charge in [0.1, 0.15) is 12.2 Å². The summed E-state index contributed by atoms with van der Waals surface area (Å²) in [7, 11) is 0. The lowest BCUT2D eigenvalue weighted by molar-refractivity contribution is -0.288. The maximum Gasteiger partial charge on any atom is 0.458 e. The molecule has 0 aliphatic carbocycles. The normalized spacial score (nSPS) is 15.9. The van der Waals surface area contributed by atoms with Crippen molar-refractivity contribution in [2.24, 2.45) is 0 Å². The molecular weight excluding hydrogens is 399 g/mol. The van der Waals surface area contributed by atoms with Gasteiger partial charge in [-0.3, -0.25) is 14.2 Å². The summed E-state index contributed by atoms with van der Waals surface area (Å²) in [6, 6.07) is 0.272. The molecule has 160 valence electrons. The molecule has 0 bridgehead atoms. The van der Waals surface area contributed by atoms with Gasteiger partial charge in [0.15, 0.2) is 0 Å². The van der Waals surface area contributed by atoms with Crippen LogP contribution in [0.3, 0.4) is 0 Å². The van der Waals surface area contributed by atoms with Crippen LogP contribution in [0.4, 0.5) is 22.0 Å². The van der Waals surface area contributed by atoms with Crippen molar-refractivity contribution in [3.8, 4) is 0 Å². The predicted octanol–water partition coefficient (Wildman–Crippen LogP) is 3.19. The van der Waals surface area contributed by atoms with Gasteiger partial charge in [0.25, 0.3) is 5.56 Å². The van der Waals surface area contributed by atoms with E-state index in [1.165, 1.54) is 11.6 Å². The van der Waals surface area contributed by atoms with Gasteiger partial charge in [-0.1, -0.05) is 0 Å². The Bertz CT molecular complexity index is 987. The first kappa shape index (κ1) is 21.3. The first-order chi connectivity index (χ1) is 13.5. The number of halogens is 5. The molecule has 0 radical (unpaired) electrons. The molecule has 0 unspecified atom stereocenters. The number of amides is 1. The van der Waals surface area contributed by atoms with Crippen LogP contribution in [0.15, 0.2) is 10.9 Å². The lowest BCUT2D eigenvalue weighted by atomic mass is 10.0. The van der Waals surface area contributed by atoms with E-state index in [2.05, 4.69) is 5.10 Å². The highest BCUT2D eigenvalue weighted by atomic mass is 19.4. The van der Waals surface area contributed by atoms with Crippen LogP contribution in [0, 0.1) is 6.92 Å². The SMILES string of the molecule is CCn1nc(C)c2c(C(F)(F)C(F)(F)F)cc(=O)n(CC(=O)N3CCCCC3)c21. The number of alkyl halides is 5. The summed E-state index contributed by atoms with van der Waals surface area (Å²) in [6.45, 7) is 3.63. The van der Waals surface area contributed by atoms with Crippen molar-refractivity contribution in [3.05, 3.63) is 27.7 Å². The van der Waals surface area contributed by atoms with Gasteiger partial charge < -0.3 is 4.90 Å². The van der Waals surface area contributed by atoms with E-state index in [-0.39, 0.29) is 29.9 Å². The zero-order valence-electron chi connectivity index (χ0n) is 16.0. The standard InChI is InChI=1S/C18H21F5N4O2/c1-3-27-16-15(11(2)24-27)12(17(19,20)18(21,22)23)9-13(28)26(16)10-14(29)25-7-5-4-6-8-25/h9H,3-8,10H2,1-2H3. The van der Waals surface area contributed by atoms with E-state index in [0.29, 0.717) is 13.1 Å². The summed E-state index contributed by atoms with van der Waals surface area (Å²) in [6.07, 6.45) is -3.25. The third-order valence-corrected chi connectivity index (χ3v) is 5.16. The quantitative estimate of drug-likeness (QED) is 0.714. The Balaban J connectivity index is 2.20. The molecule has 1 saturated heterocycles. The van der Waals surface area contributed by atoms with Gasteiger partial charge in [0.05, 0.1) is 5.69 Å². The van der Waals surface area contributed by atoms with E-state index in [4.69, 9.17) is 0 Å². The van der Waals surface area contributed by atoms with Crippen LogP contribution in [-0.2, 0) is 23.8 Å². The number of likely N-dealkylation sites (tertiary alicyclic amines) is 1. The molecule has 11 heteroatoms. The van der Waals surface area contributed by atoms with Gasteiger partial charge in [-0.15, -0.1) is 0 Å². The molecule has 3 heterocycles. The zero-order chi connectivity index (χ0) is 21.6. The highest BCUT2D eigenvalue weighted by molar-refractivity contribution is 5.85. The van der Waals surface area contributed by atoms with E-state index in [1.807, 2.05) is 0 Å². The average molecular weight is 420 g/mol. The molecule has 6 nitrogen and oxygen atoms in total. The monoisotopic (exact) mass is 420 g/mol. The Labute approximate surface area is 162 Å². The highest BCUT2D eigenvalue weighted by Gasteiger charge is 2.60. The topological polar surface area (TPSA) is 60.1 Å². The number of hydrogen-bond donors (Lipinski definition) is 0. The predicted molar refractivity (Wildman–Crippen MR) is 94.8 cm³/mol. The van der Waals surface area contributed by atoms with E-state index in [0.717, 1.165) is 23.8 Å². The van der Waals surface area contributed by atoms with Crippen LogP contribution < -0.4 is 5.56 Å². The smallest absolute Gasteiger partial charge is 0.341 e. The fourth-order valence-electron chi connectivity index (χ4n) is 3.69. The van der Waals surface area contributed by atoms with Gasteiger partial charge in [-0.25, -0.2) is 4.68 Å². The van der Waals surface area contributed by atoms with Crippen molar-refractivity contribution in [3.63, 3.8) is 0 Å². The molecule has 0 N–H and O–H groups in total. The van der Waals surface area contributed by atoms with E-state index in [9.17, 15) is 31.5 Å². The van der Waals surface area contributed by atoms with Gasteiger partial charge in [0.2, 0.25) is 5.91 Å². The van der Waals surface area contributed by atoms with Crippen molar-refractivity contribution >= 4 is 16.9 Å². The molecule has 29 heavy (non-hydrogen) atoms. The van der Waals surface area contributed by atoms with Crippen LogP contribution in [0.1, 0.15) is 37.4 Å². The van der Waals surface area contributed by atoms with Crippen molar-refractivity contribution in [1.82, 2.24) is 19.2 Å². The Morgan fingerprint density at radius 1 is 1.14 bits per heavy atom. The molecule has 0 atom stereocenters. The summed E-state index contributed by atoms with van der Waals surface area (Å²) in [5, 5.41) is 3.56.